The number of anilines is 1. The summed E-state index contributed by atoms with van der Waals surface area (Å²) in [6, 6.07) is 15.4. The summed E-state index contributed by atoms with van der Waals surface area (Å²) in [6.07, 6.45) is 2.07. The molecular weight excluding hydrogens is 340 g/mol. The van der Waals surface area contributed by atoms with Crippen molar-refractivity contribution in [2.45, 2.75) is 12.8 Å². The highest BCUT2D eigenvalue weighted by molar-refractivity contribution is 5.99. The van der Waals surface area contributed by atoms with Gasteiger partial charge >= 0.3 is 0 Å². The molecule has 1 fully saturated rings. The van der Waals surface area contributed by atoms with Gasteiger partial charge in [-0.3, -0.25) is 4.79 Å². The van der Waals surface area contributed by atoms with Gasteiger partial charge in [0, 0.05) is 44.9 Å². The maximum absolute atomic E-state index is 13.1. The number of ether oxygens (including phenoxy) is 2. The van der Waals surface area contributed by atoms with Gasteiger partial charge in [0.25, 0.3) is 5.91 Å². The average Bonchev–Trinajstić information content (AvgIpc) is 2.72. The first-order chi connectivity index (χ1) is 13.1. The molecule has 1 heterocycles. The normalized spacial score (nSPS) is 16.7. The van der Waals surface area contributed by atoms with Crippen molar-refractivity contribution in [1.29, 1.82) is 0 Å². The van der Waals surface area contributed by atoms with Gasteiger partial charge in [-0.1, -0.05) is 18.2 Å². The monoisotopic (exact) mass is 368 g/mol. The van der Waals surface area contributed by atoms with Gasteiger partial charge in [-0.25, -0.2) is 0 Å². The number of carbonyl (C=O) groups excluding carboxylic acids is 1. The Morgan fingerprint density at radius 3 is 2.70 bits per heavy atom. The predicted molar refractivity (Wildman–Crippen MR) is 108 cm³/mol. The molecule has 3 rings (SSSR count). The van der Waals surface area contributed by atoms with Crippen molar-refractivity contribution in [2.75, 3.05) is 45.8 Å². The van der Waals surface area contributed by atoms with Crippen LogP contribution >= 0.6 is 0 Å². The Morgan fingerprint density at radius 1 is 1.15 bits per heavy atom. The lowest BCUT2D eigenvalue weighted by Crippen LogP contribution is -2.42. The summed E-state index contributed by atoms with van der Waals surface area (Å²) in [7, 11) is 5.58. The maximum atomic E-state index is 13.1. The van der Waals surface area contributed by atoms with Crippen molar-refractivity contribution in [2.24, 2.45) is 5.92 Å². The van der Waals surface area contributed by atoms with Crippen molar-refractivity contribution in [3.8, 4) is 11.5 Å². The van der Waals surface area contributed by atoms with Crippen molar-refractivity contribution in [1.82, 2.24) is 4.90 Å². The molecule has 2 aromatic rings. The topological polar surface area (TPSA) is 42.0 Å². The molecule has 27 heavy (non-hydrogen) atoms. The maximum Gasteiger partial charge on any atom is 0.255 e. The van der Waals surface area contributed by atoms with Crippen LogP contribution in [0.1, 0.15) is 23.2 Å². The molecule has 0 spiro atoms. The molecule has 0 radical (unpaired) electrons. The zero-order valence-electron chi connectivity index (χ0n) is 16.4. The molecular formula is C22H28N2O3. The van der Waals surface area contributed by atoms with Crippen LogP contribution in [-0.4, -0.2) is 51.7 Å². The molecule has 0 N–H and O–H groups in total. The summed E-state index contributed by atoms with van der Waals surface area (Å²) in [5.41, 5.74) is 1.72. The largest absolute Gasteiger partial charge is 0.497 e. The number of likely N-dealkylation sites (tertiary alicyclic amines) is 1. The molecule has 0 aromatic heterocycles. The first-order valence-corrected chi connectivity index (χ1v) is 9.41. The lowest BCUT2D eigenvalue weighted by Gasteiger charge is -2.33. The highest BCUT2D eigenvalue weighted by Gasteiger charge is 2.26. The Morgan fingerprint density at radius 2 is 1.93 bits per heavy atom. The zero-order valence-corrected chi connectivity index (χ0v) is 16.4. The highest BCUT2D eigenvalue weighted by atomic mass is 16.5. The van der Waals surface area contributed by atoms with Crippen molar-refractivity contribution in [3.63, 3.8) is 0 Å². The van der Waals surface area contributed by atoms with Crippen LogP contribution in [0.25, 0.3) is 0 Å². The van der Waals surface area contributed by atoms with Crippen LogP contribution in [-0.2, 0) is 0 Å². The highest BCUT2D eigenvalue weighted by Crippen LogP contribution is 2.25. The number of carbonyl (C=O) groups is 1. The third-order valence-corrected chi connectivity index (χ3v) is 4.95. The Balaban J connectivity index is 1.63. The van der Waals surface area contributed by atoms with Gasteiger partial charge in [-0.05, 0) is 37.1 Å². The number of methoxy groups -OCH3 is 1. The lowest BCUT2D eigenvalue weighted by molar-refractivity contribution is 0.0634. The molecule has 1 aliphatic heterocycles. The molecule has 0 aliphatic carbocycles. The van der Waals surface area contributed by atoms with Crippen LogP contribution in [0, 0.1) is 5.92 Å². The minimum atomic E-state index is 0.102. The second kappa shape index (κ2) is 8.80. The van der Waals surface area contributed by atoms with E-state index in [1.54, 1.807) is 7.11 Å². The smallest absolute Gasteiger partial charge is 0.255 e. The first kappa shape index (κ1) is 19.1. The van der Waals surface area contributed by atoms with E-state index in [0.29, 0.717) is 12.5 Å². The quantitative estimate of drug-likeness (QED) is 0.780. The van der Waals surface area contributed by atoms with Crippen LogP contribution in [0.3, 0.4) is 0 Å². The summed E-state index contributed by atoms with van der Waals surface area (Å²) >= 11 is 0. The Labute approximate surface area is 161 Å². The molecule has 1 atom stereocenters. The molecule has 1 aliphatic rings. The van der Waals surface area contributed by atoms with Gasteiger partial charge in [0.1, 0.15) is 11.5 Å². The summed E-state index contributed by atoms with van der Waals surface area (Å²) in [4.78, 5) is 17.0. The van der Waals surface area contributed by atoms with E-state index in [9.17, 15) is 4.79 Å². The minimum Gasteiger partial charge on any atom is -0.497 e. The SMILES string of the molecule is COc1cccc(OCC2CCCN(C(=O)c3ccccc3N(C)C)C2)c1. The number of amides is 1. The summed E-state index contributed by atoms with van der Waals surface area (Å²) in [5, 5.41) is 0. The minimum absolute atomic E-state index is 0.102. The number of hydrogen-bond donors (Lipinski definition) is 0. The molecule has 5 heteroatoms. The molecule has 1 amide bonds. The van der Waals surface area contributed by atoms with Crippen LogP contribution in [0.4, 0.5) is 5.69 Å². The van der Waals surface area contributed by atoms with Gasteiger partial charge in [-0.15, -0.1) is 0 Å². The molecule has 1 saturated heterocycles. The van der Waals surface area contributed by atoms with Gasteiger partial charge in [0.2, 0.25) is 0 Å². The second-order valence-corrected chi connectivity index (χ2v) is 7.16. The van der Waals surface area contributed by atoms with E-state index >= 15 is 0 Å². The summed E-state index contributed by atoms with van der Waals surface area (Å²) in [5.74, 6) is 2.02. The fourth-order valence-electron chi connectivity index (χ4n) is 3.51. The van der Waals surface area contributed by atoms with E-state index in [0.717, 1.165) is 48.7 Å². The Hall–Kier alpha value is -2.69. The predicted octanol–water partition coefficient (Wildman–Crippen LogP) is 3.69. The van der Waals surface area contributed by atoms with Crippen molar-refractivity contribution in [3.05, 3.63) is 54.1 Å². The van der Waals surface area contributed by atoms with Crippen molar-refractivity contribution >= 4 is 11.6 Å². The average molecular weight is 368 g/mol. The summed E-state index contributed by atoms with van der Waals surface area (Å²) in [6.45, 7) is 2.13. The van der Waals surface area contributed by atoms with Gasteiger partial charge in [0.05, 0.1) is 19.3 Å². The van der Waals surface area contributed by atoms with E-state index in [-0.39, 0.29) is 5.91 Å². The fraction of sp³-hybridized carbons (Fsp3) is 0.409. The molecule has 1 unspecified atom stereocenters. The van der Waals surface area contributed by atoms with E-state index < -0.39 is 0 Å². The third-order valence-electron chi connectivity index (χ3n) is 4.95. The standard InChI is InChI=1S/C22H28N2O3/c1-23(2)21-12-5-4-11-20(21)22(25)24-13-7-8-17(15-24)16-27-19-10-6-9-18(14-19)26-3/h4-6,9-12,14,17H,7-8,13,15-16H2,1-3H3. The van der Waals surface area contributed by atoms with Crippen LogP contribution < -0.4 is 14.4 Å². The summed E-state index contributed by atoms with van der Waals surface area (Å²) < 4.78 is 11.2. The fourth-order valence-corrected chi connectivity index (χ4v) is 3.51. The number of rotatable bonds is 6. The molecule has 0 saturated carbocycles. The van der Waals surface area contributed by atoms with Gasteiger partial charge in [0.15, 0.2) is 0 Å². The van der Waals surface area contributed by atoms with Crippen LogP contribution in [0.15, 0.2) is 48.5 Å². The molecule has 0 bridgehead atoms. The van der Waals surface area contributed by atoms with Crippen LogP contribution in [0.2, 0.25) is 0 Å². The number of para-hydroxylation sites is 1. The number of hydrogen-bond acceptors (Lipinski definition) is 4. The molecule has 2 aromatic carbocycles. The first-order valence-electron chi connectivity index (χ1n) is 9.41. The Kier molecular flexibility index (Phi) is 6.22. The molecule has 5 nitrogen and oxygen atoms in total. The van der Waals surface area contributed by atoms with Crippen molar-refractivity contribution < 1.29 is 14.3 Å². The van der Waals surface area contributed by atoms with Crippen LogP contribution in [0.5, 0.6) is 11.5 Å². The molecule has 144 valence electrons. The van der Waals surface area contributed by atoms with E-state index in [1.165, 1.54) is 0 Å². The van der Waals surface area contributed by atoms with E-state index in [1.807, 2.05) is 72.4 Å². The number of piperidine rings is 1. The zero-order chi connectivity index (χ0) is 19.2. The number of benzene rings is 2. The van der Waals surface area contributed by atoms with Gasteiger partial charge in [-0.2, -0.15) is 0 Å². The number of nitrogens with zero attached hydrogens (tertiary/aromatic N) is 2. The van der Waals surface area contributed by atoms with Gasteiger partial charge < -0.3 is 19.3 Å². The van der Waals surface area contributed by atoms with E-state index in [2.05, 4.69) is 0 Å². The second-order valence-electron chi connectivity index (χ2n) is 7.16. The van der Waals surface area contributed by atoms with E-state index in [4.69, 9.17) is 9.47 Å². The Bertz CT molecular complexity index is 776. The third kappa shape index (κ3) is 4.73. The lowest BCUT2D eigenvalue weighted by atomic mass is 9.98.